The molecule has 7 nitrogen and oxygen atoms in total. The molecule has 0 saturated heterocycles. The standard InChI is InChI=1S/C28H37Cl2N3O4S/c1-5-25(28(35)31-23-11-7-6-8-12-23)32(17-21-14-15-22(29)16-24(21)30)27(34)18-33(38(4,36)37)26-13-9-10-19(2)20(26)3/h9-10,13-16,23,25H,5-8,11-12,17-18H2,1-4H3,(H,31,35)/t25-/m1/s1. The number of carbonyl (C=O) groups excluding carboxylic acids is 2. The number of sulfonamides is 1. The molecule has 1 N–H and O–H groups in total. The number of nitrogens with zero attached hydrogens (tertiary/aromatic N) is 2. The number of amides is 2. The van der Waals surface area contributed by atoms with Gasteiger partial charge in [-0.2, -0.15) is 0 Å². The summed E-state index contributed by atoms with van der Waals surface area (Å²) < 4.78 is 26.9. The van der Waals surface area contributed by atoms with Crippen LogP contribution >= 0.6 is 23.2 Å². The van der Waals surface area contributed by atoms with Crippen molar-refractivity contribution >= 4 is 50.7 Å². The lowest BCUT2D eigenvalue weighted by Gasteiger charge is -2.34. The van der Waals surface area contributed by atoms with E-state index in [0.29, 0.717) is 27.7 Å². The zero-order chi connectivity index (χ0) is 28.0. The van der Waals surface area contributed by atoms with Crippen molar-refractivity contribution in [1.29, 1.82) is 0 Å². The summed E-state index contributed by atoms with van der Waals surface area (Å²) in [6.45, 7) is 5.15. The topological polar surface area (TPSA) is 86.8 Å². The number of carbonyl (C=O) groups is 2. The first-order valence-corrected chi connectivity index (χ1v) is 15.6. The summed E-state index contributed by atoms with van der Waals surface area (Å²) >= 11 is 12.5. The van der Waals surface area contributed by atoms with Crippen LogP contribution in [0.1, 0.15) is 62.1 Å². The van der Waals surface area contributed by atoms with Gasteiger partial charge in [0.15, 0.2) is 0 Å². The highest BCUT2D eigenvalue weighted by atomic mass is 35.5. The van der Waals surface area contributed by atoms with Crippen molar-refractivity contribution in [2.24, 2.45) is 0 Å². The molecule has 1 fully saturated rings. The Morgan fingerprint density at radius 1 is 1.08 bits per heavy atom. The fourth-order valence-corrected chi connectivity index (χ4v) is 6.27. The van der Waals surface area contributed by atoms with Crippen molar-refractivity contribution in [3.63, 3.8) is 0 Å². The van der Waals surface area contributed by atoms with Crippen LogP contribution in [0.4, 0.5) is 5.69 Å². The second kappa shape index (κ2) is 13.2. The molecule has 10 heteroatoms. The monoisotopic (exact) mass is 581 g/mol. The molecule has 2 amide bonds. The molecule has 2 aromatic carbocycles. The lowest BCUT2D eigenvalue weighted by atomic mass is 9.95. The van der Waals surface area contributed by atoms with Crippen molar-refractivity contribution < 1.29 is 18.0 Å². The van der Waals surface area contributed by atoms with Crippen LogP contribution in [0.15, 0.2) is 36.4 Å². The summed E-state index contributed by atoms with van der Waals surface area (Å²) in [4.78, 5) is 28.8. The zero-order valence-corrected chi connectivity index (χ0v) is 24.8. The molecule has 1 aliphatic carbocycles. The fraction of sp³-hybridized carbons (Fsp3) is 0.500. The average molecular weight is 583 g/mol. The van der Waals surface area contributed by atoms with E-state index in [1.807, 2.05) is 26.8 Å². The number of halogens is 2. The molecule has 2 aromatic rings. The lowest BCUT2D eigenvalue weighted by Crippen LogP contribution is -2.54. The lowest BCUT2D eigenvalue weighted by molar-refractivity contribution is -0.140. The predicted octanol–water partition coefficient (Wildman–Crippen LogP) is 5.63. The summed E-state index contributed by atoms with van der Waals surface area (Å²) in [7, 11) is -3.81. The van der Waals surface area contributed by atoms with E-state index in [4.69, 9.17) is 23.2 Å². The maximum atomic E-state index is 13.9. The maximum absolute atomic E-state index is 13.9. The third-order valence-electron chi connectivity index (χ3n) is 7.22. The molecule has 1 aliphatic rings. The van der Waals surface area contributed by atoms with Crippen molar-refractivity contribution in [3.05, 3.63) is 63.1 Å². The Bertz CT molecular complexity index is 1260. The van der Waals surface area contributed by atoms with Gasteiger partial charge in [-0.25, -0.2) is 8.42 Å². The Kier molecular flexibility index (Phi) is 10.5. The summed E-state index contributed by atoms with van der Waals surface area (Å²) in [6, 6.07) is 9.59. The Morgan fingerprint density at radius 3 is 2.37 bits per heavy atom. The average Bonchev–Trinajstić information content (AvgIpc) is 2.85. The van der Waals surface area contributed by atoms with Crippen LogP contribution in [-0.4, -0.2) is 50.0 Å². The number of rotatable bonds is 10. The van der Waals surface area contributed by atoms with E-state index < -0.39 is 28.5 Å². The van der Waals surface area contributed by atoms with E-state index in [0.717, 1.165) is 53.8 Å². The van der Waals surface area contributed by atoms with E-state index in [2.05, 4.69) is 5.32 Å². The van der Waals surface area contributed by atoms with Gasteiger partial charge < -0.3 is 10.2 Å². The minimum Gasteiger partial charge on any atom is -0.352 e. The normalized spacial score (nSPS) is 15.1. The molecule has 0 aliphatic heterocycles. The van der Waals surface area contributed by atoms with Gasteiger partial charge in [0.25, 0.3) is 0 Å². The molecule has 0 spiro atoms. The maximum Gasteiger partial charge on any atom is 0.244 e. The van der Waals surface area contributed by atoms with Gasteiger partial charge in [-0.05, 0) is 68.0 Å². The highest BCUT2D eigenvalue weighted by Gasteiger charge is 2.33. The quantitative estimate of drug-likeness (QED) is 0.393. The molecule has 3 rings (SSSR count). The van der Waals surface area contributed by atoms with Crippen LogP contribution in [0.3, 0.4) is 0 Å². The van der Waals surface area contributed by atoms with Crippen LogP contribution in [0.5, 0.6) is 0 Å². The molecular weight excluding hydrogens is 545 g/mol. The van der Waals surface area contributed by atoms with Gasteiger partial charge in [-0.15, -0.1) is 0 Å². The number of hydrogen-bond donors (Lipinski definition) is 1. The van der Waals surface area contributed by atoms with Gasteiger partial charge in [0.05, 0.1) is 11.9 Å². The predicted molar refractivity (Wildman–Crippen MR) is 154 cm³/mol. The van der Waals surface area contributed by atoms with Gasteiger partial charge in [0, 0.05) is 22.6 Å². The Labute approximate surface area is 236 Å². The molecule has 1 saturated carbocycles. The minimum atomic E-state index is -3.81. The summed E-state index contributed by atoms with van der Waals surface area (Å²) in [5.41, 5.74) is 2.72. The number of aryl methyl sites for hydroxylation is 1. The molecule has 0 bridgehead atoms. The van der Waals surface area contributed by atoms with Gasteiger partial charge in [0.2, 0.25) is 21.8 Å². The van der Waals surface area contributed by atoms with Crippen LogP contribution in [-0.2, 0) is 26.2 Å². The summed E-state index contributed by atoms with van der Waals surface area (Å²) in [6.07, 6.45) is 6.53. The molecule has 0 aromatic heterocycles. The Morgan fingerprint density at radius 2 is 1.76 bits per heavy atom. The molecule has 38 heavy (non-hydrogen) atoms. The smallest absolute Gasteiger partial charge is 0.244 e. The van der Waals surface area contributed by atoms with E-state index in [1.54, 1.807) is 30.3 Å². The van der Waals surface area contributed by atoms with E-state index in [1.165, 1.54) is 4.90 Å². The second-order valence-electron chi connectivity index (χ2n) is 10.0. The molecule has 0 heterocycles. The van der Waals surface area contributed by atoms with Gasteiger partial charge >= 0.3 is 0 Å². The van der Waals surface area contributed by atoms with Gasteiger partial charge in [-0.1, -0.05) is 67.6 Å². The van der Waals surface area contributed by atoms with Crippen LogP contribution in [0.25, 0.3) is 0 Å². The SMILES string of the molecule is CC[C@H](C(=O)NC1CCCCC1)N(Cc1ccc(Cl)cc1Cl)C(=O)CN(c1cccc(C)c1C)S(C)(=O)=O. The first-order chi connectivity index (χ1) is 17.9. The number of benzene rings is 2. The summed E-state index contributed by atoms with van der Waals surface area (Å²) in [5, 5.41) is 3.95. The first-order valence-electron chi connectivity index (χ1n) is 13.0. The van der Waals surface area contributed by atoms with E-state index in [-0.39, 0.29) is 18.5 Å². The third kappa shape index (κ3) is 7.64. The largest absolute Gasteiger partial charge is 0.352 e. The highest BCUT2D eigenvalue weighted by molar-refractivity contribution is 7.92. The van der Waals surface area contributed by atoms with Crippen LogP contribution < -0.4 is 9.62 Å². The second-order valence-corrected chi connectivity index (χ2v) is 12.8. The first kappa shape index (κ1) is 30.3. The third-order valence-corrected chi connectivity index (χ3v) is 8.93. The zero-order valence-electron chi connectivity index (χ0n) is 22.5. The molecule has 1 atom stereocenters. The van der Waals surface area contributed by atoms with Crippen LogP contribution in [0, 0.1) is 13.8 Å². The minimum absolute atomic E-state index is 0.0375. The van der Waals surface area contributed by atoms with Gasteiger partial charge in [0.1, 0.15) is 12.6 Å². The number of hydrogen-bond acceptors (Lipinski definition) is 4. The Hall–Kier alpha value is -2.29. The van der Waals surface area contributed by atoms with Crippen molar-refractivity contribution in [1.82, 2.24) is 10.2 Å². The molecule has 0 unspecified atom stereocenters. The molecular formula is C28H37Cl2N3O4S. The van der Waals surface area contributed by atoms with Crippen LogP contribution in [0.2, 0.25) is 10.0 Å². The van der Waals surface area contributed by atoms with Crippen molar-refractivity contribution in [2.75, 3.05) is 17.1 Å². The highest BCUT2D eigenvalue weighted by Crippen LogP contribution is 2.27. The summed E-state index contributed by atoms with van der Waals surface area (Å²) in [5.74, 6) is -0.733. The van der Waals surface area contributed by atoms with Gasteiger partial charge in [-0.3, -0.25) is 13.9 Å². The van der Waals surface area contributed by atoms with Crippen molar-refractivity contribution in [2.45, 2.75) is 77.9 Å². The van der Waals surface area contributed by atoms with Crippen molar-refractivity contribution in [3.8, 4) is 0 Å². The molecule has 208 valence electrons. The van der Waals surface area contributed by atoms with E-state index in [9.17, 15) is 18.0 Å². The van der Waals surface area contributed by atoms with E-state index >= 15 is 0 Å². The fourth-order valence-electron chi connectivity index (χ4n) is 4.90. The molecule has 0 radical (unpaired) electrons. The Balaban J connectivity index is 1.97. The number of nitrogens with one attached hydrogen (secondary N) is 1. The number of anilines is 1.